The standard InChI is InChI=1S/C12H10ClFN2O/c1-7-4-8(2-3-10(7)14)12-15-9(6-13)5-11(17)16-12/h2-5H,6H2,1H3,(H,15,16,17). The van der Waals surface area contributed by atoms with Gasteiger partial charge in [-0.1, -0.05) is 0 Å². The molecule has 88 valence electrons. The smallest absolute Gasteiger partial charge is 0.251 e. The molecule has 1 heterocycles. The van der Waals surface area contributed by atoms with E-state index in [0.717, 1.165) is 0 Å². The number of benzene rings is 1. The van der Waals surface area contributed by atoms with E-state index in [1.54, 1.807) is 19.1 Å². The summed E-state index contributed by atoms with van der Waals surface area (Å²) >= 11 is 5.64. The van der Waals surface area contributed by atoms with E-state index in [-0.39, 0.29) is 17.3 Å². The molecule has 0 radical (unpaired) electrons. The Balaban J connectivity index is 2.55. The molecule has 0 amide bonds. The van der Waals surface area contributed by atoms with E-state index < -0.39 is 0 Å². The SMILES string of the molecule is Cc1cc(-c2nc(CCl)cc(=O)[nH]2)ccc1F. The molecule has 0 fully saturated rings. The number of alkyl halides is 1. The second-order valence-corrected chi connectivity index (χ2v) is 3.95. The fourth-order valence-electron chi connectivity index (χ4n) is 1.51. The lowest BCUT2D eigenvalue weighted by atomic mass is 10.1. The van der Waals surface area contributed by atoms with Gasteiger partial charge in [0.25, 0.3) is 5.56 Å². The van der Waals surface area contributed by atoms with Crippen molar-refractivity contribution in [2.24, 2.45) is 0 Å². The molecule has 17 heavy (non-hydrogen) atoms. The average Bonchev–Trinajstić information content (AvgIpc) is 2.32. The minimum absolute atomic E-state index is 0.164. The summed E-state index contributed by atoms with van der Waals surface area (Å²) in [7, 11) is 0. The number of aryl methyl sites for hydroxylation is 1. The minimum Gasteiger partial charge on any atom is -0.307 e. The van der Waals surface area contributed by atoms with Gasteiger partial charge in [-0.15, -0.1) is 11.6 Å². The zero-order valence-corrected chi connectivity index (χ0v) is 9.88. The second kappa shape index (κ2) is 4.67. The highest BCUT2D eigenvalue weighted by Gasteiger charge is 2.05. The maximum atomic E-state index is 13.1. The molecule has 5 heteroatoms. The molecule has 1 aromatic heterocycles. The van der Waals surface area contributed by atoms with Gasteiger partial charge in [0.05, 0.1) is 11.6 Å². The first-order valence-electron chi connectivity index (χ1n) is 5.03. The van der Waals surface area contributed by atoms with Crippen molar-refractivity contribution in [3.63, 3.8) is 0 Å². The van der Waals surface area contributed by atoms with E-state index in [2.05, 4.69) is 9.97 Å². The lowest BCUT2D eigenvalue weighted by Crippen LogP contribution is -2.09. The lowest BCUT2D eigenvalue weighted by Gasteiger charge is -2.04. The number of hydrogen-bond donors (Lipinski definition) is 1. The van der Waals surface area contributed by atoms with E-state index >= 15 is 0 Å². The number of nitrogens with zero attached hydrogens (tertiary/aromatic N) is 1. The van der Waals surface area contributed by atoms with Crippen LogP contribution in [-0.4, -0.2) is 9.97 Å². The van der Waals surface area contributed by atoms with Gasteiger partial charge in [-0.2, -0.15) is 0 Å². The number of halogens is 2. The molecular formula is C12H10ClFN2O. The summed E-state index contributed by atoms with van der Waals surface area (Å²) in [6.07, 6.45) is 0. The predicted octanol–water partition coefficient (Wildman–Crippen LogP) is 2.62. The molecule has 1 N–H and O–H groups in total. The van der Waals surface area contributed by atoms with Gasteiger partial charge in [0.2, 0.25) is 0 Å². The lowest BCUT2D eigenvalue weighted by molar-refractivity contribution is 0.618. The van der Waals surface area contributed by atoms with Crippen LogP contribution in [0.4, 0.5) is 4.39 Å². The van der Waals surface area contributed by atoms with Gasteiger partial charge in [-0.3, -0.25) is 4.79 Å². The third kappa shape index (κ3) is 2.53. The highest BCUT2D eigenvalue weighted by Crippen LogP contribution is 2.17. The van der Waals surface area contributed by atoms with Crippen molar-refractivity contribution >= 4 is 11.6 Å². The van der Waals surface area contributed by atoms with Crippen LogP contribution in [-0.2, 0) is 5.88 Å². The third-order valence-electron chi connectivity index (χ3n) is 2.36. The van der Waals surface area contributed by atoms with E-state index in [1.165, 1.54) is 12.1 Å². The molecule has 0 atom stereocenters. The first-order chi connectivity index (χ1) is 8.10. The van der Waals surface area contributed by atoms with Crippen molar-refractivity contribution in [2.45, 2.75) is 12.8 Å². The van der Waals surface area contributed by atoms with Crippen molar-refractivity contribution in [2.75, 3.05) is 0 Å². The van der Waals surface area contributed by atoms with Gasteiger partial charge in [0, 0.05) is 11.6 Å². The molecule has 2 aromatic rings. The number of aromatic nitrogens is 2. The Kier molecular flexibility index (Phi) is 3.24. The summed E-state index contributed by atoms with van der Waals surface area (Å²) < 4.78 is 13.1. The molecule has 3 nitrogen and oxygen atoms in total. The van der Waals surface area contributed by atoms with Crippen LogP contribution in [0.1, 0.15) is 11.3 Å². The van der Waals surface area contributed by atoms with Crippen LogP contribution in [0.2, 0.25) is 0 Å². The summed E-state index contributed by atoms with van der Waals surface area (Å²) in [6.45, 7) is 1.66. The highest BCUT2D eigenvalue weighted by atomic mass is 35.5. The first-order valence-corrected chi connectivity index (χ1v) is 5.56. The summed E-state index contributed by atoms with van der Waals surface area (Å²) in [5.41, 5.74) is 1.38. The van der Waals surface area contributed by atoms with Gasteiger partial charge in [0.1, 0.15) is 11.6 Å². The van der Waals surface area contributed by atoms with Crippen molar-refractivity contribution in [1.82, 2.24) is 9.97 Å². The third-order valence-corrected chi connectivity index (χ3v) is 2.64. The Morgan fingerprint density at radius 1 is 1.41 bits per heavy atom. The summed E-state index contributed by atoms with van der Waals surface area (Å²) in [6, 6.07) is 5.88. The molecule has 0 bridgehead atoms. The molecule has 0 saturated carbocycles. The van der Waals surface area contributed by atoms with Crippen LogP contribution in [0, 0.1) is 12.7 Å². The van der Waals surface area contributed by atoms with Crippen molar-refractivity contribution < 1.29 is 4.39 Å². The van der Waals surface area contributed by atoms with Gasteiger partial charge in [0.15, 0.2) is 0 Å². The molecule has 0 unspecified atom stereocenters. The van der Waals surface area contributed by atoms with Crippen molar-refractivity contribution in [1.29, 1.82) is 0 Å². The Morgan fingerprint density at radius 2 is 2.18 bits per heavy atom. The Morgan fingerprint density at radius 3 is 2.82 bits per heavy atom. The summed E-state index contributed by atoms with van der Waals surface area (Å²) in [5, 5.41) is 0. The van der Waals surface area contributed by atoms with Gasteiger partial charge >= 0.3 is 0 Å². The van der Waals surface area contributed by atoms with Crippen LogP contribution >= 0.6 is 11.6 Å². The average molecular weight is 253 g/mol. The minimum atomic E-state index is -0.287. The molecule has 0 aliphatic rings. The zero-order valence-electron chi connectivity index (χ0n) is 9.13. The van der Waals surface area contributed by atoms with Crippen LogP contribution in [0.15, 0.2) is 29.1 Å². The Bertz CT molecular complexity index is 610. The molecule has 0 saturated heterocycles. The van der Waals surface area contributed by atoms with Crippen LogP contribution < -0.4 is 5.56 Å². The largest absolute Gasteiger partial charge is 0.307 e. The van der Waals surface area contributed by atoms with Crippen LogP contribution in [0.5, 0.6) is 0 Å². The number of aromatic amines is 1. The summed E-state index contributed by atoms with van der Waals surface area (Å²) in [5.74, 6) is 0.276. The van der Waals surface area contributed by atoms with Crippen LogP contribution in [0.3, 0.4) is 0 Å². The number of hydrogen-bond acceptors (Lipinski definition) is 2. The monoisotopic (exact) mass is 252 g/mol. The normalized spacial score (nSPS) is 10.5. The first kappa shape index (κ1) is 11.8. The summed E-state index contributed by atoms with van der Waals surface area (Å²) in [4.78, 5) is 18.1. The molecular weight excluding hydrogens is 243 g/mol. The number of H-pyrrole nitrogens is 1. The quantitative estimate of drug-likeness (QED) is 0.835. The topological polar surface area (TPSA) is 45.8 Å². The Labute approximate surface area is 102 Å². The van der Waals surface area contributed by atoms with Crippen molar-refractivity contribution in [3.05, 3.63) is 51.7 Å². The molecule has 0 aliphatic heterocycles. The van der Waals surface area contributed by atoms with Gasteiger partial charge in [-0.05, 0) is 30.7 Å². The molecule has 0 spiro atoms. The maximum absolute atomic E-state index is 13.1. The maximum Gasteiger partial charge on any atom is 0.251 e. The predicted molar refractivity (Wildman–Crippen MR) is 64.5 cm³/mol. The second-order valence-electron chi connectivity index (χ2n) is 3.68. The fraction of sp³-hybridized carbons (Fsp3) is 0.167. The zero-order chi connectivity index (χ0) is 12.4. The number of nitrogens with one attached hydrogen (secondary N) is 1. The van der Waals surface area contributed by atoms with E-state index in [9.17, 15) is 9.18 Å². The van der Waals surface area contributed by atoms with E-state index in [4.69, 9.17) is 11.6 Å². The van der Waals surface area contributed by atoms with Crippen LogP contribution in [0.25, 0.3) is 11.4 Å². The molecule has 2 rings (SSSR count). The molecule has 1 aromatic carbocycles. The van der Waals surface area contributed by atoms with Crippen molar-refractivity contribution in [3.8, 4) is 11.4 Å². The van der Waals surface area contributed by atoms with Gasteiger partial charge < -0.3 is 4.98 Å². The van der Waals surface area contributed by atoms with E-state index in [0.29, 0.717) is 22.6 Å². The number of rotatable bonds is 2. The van der Waals surface area contributed by atoms with Gasteiger partial charge in [-0.25, -0.2) is 9.37 Å². The highest BCUT2D eigenvalue weighted by molar-refractivity contribution is 6.16. The Hall–Kier alpha value is -1.68. The fourth-order valence-corrected chi connectivity index (χ4v) is 1.64. The van der Waals surface area contributed by atoms with E-state index in [1.807, 2.05) is 0 Å². The molecule has 0 aliphatic carbocycles.